The maximum atomic E-state index is 14.1. The molecule has 1 unspecified atom stereocenters. The molecule has 2 heterocycles. The molecule has 0 spiro atoms. The van der Waals surface area contributed by atoms with E-state index < -0.39 is 6.04 Å². The van der Waals surface area contributed by atoms with Crippen LogP contribution in [0.25, 0.3) is 0 Å². The van der Waals surface area contributed by atoms with Gasteiger partial charge in [0.25, 0.3) is 5.91 Å². The van der Waals surface area contributed by atoms with Crippen molar-refractivity contribution in [2.75, 3.05) is 17.7 Å². The number of ether oxygens (including phenoxy) is 2. The number of benzene rings is 4. The Kier molecular flexibility index (Phi) is 9.91. The molecule has 6 rings (SSSR count). The van der Waals surface area contributed by atoms with Crippen LogP contribution in [0.4, 0.5) is 11.6 Å². The van der Waals surface area contributed by atoms with Crippen molar-refractivity contribution in [3.8, 4) is 11.5 Å². The van der Waals surface area contributed by atoms with Crippen LogP contribution in [0, 0.1) is 13.8 Å². The summed E-state index contributed by atoms with van der Waals surface area (Å²) in [7, 11) is 1.60. The summed E-state index contributed by atoms with van der Waals surface area (Å²) in [6.07, 6.45) is 0. The average molecular weight is 731 g/mol. The predicted molar refractivity (Wildman–Crippen MR) is 192 cm³/mol. The van der Waals surface area contributed by atoms with Crippen LogP contribution in [0.2, 0.25) is 5.02 Å². The molecular weight excluding hydrogens is 698 g/mol. The first kappa shape index (κ1) is 32.7. The van der Waals surface area contributed by atoms with Crippen LogP contribution in [0.15, 0.2) is 106 Å². The maximum absolute atomic E-state index is 14.1. The van der Waals surface area contributed by atoms with E-state index >= 15 is 0 Å². The van der Waals surface area contributed by atoms with Crippen LogP contribution in [0.3, 0.4) is 0 Å². The van der Waals surface area contributed by atoms with E-state index in [9.17, 15) is 4.79 Å². The van der Waals surface area contributed by atoms with Crippen molar-refractivity contribution in [2.45, 2.75) is 44.3 Å². The van der Waals surface area contributed by atoms with E-state index in [4.69, 9.17) is 31.2 Å². The Morgan fingerprint density at radius 1 is 1.02 bits per heavy atom. The number of thioether (sulfide) groups is 1. The van der Waals surface area contributed by atoms with Gasteiger partial charge in [-0.05, 0) is 94.9 Å². The molecule has 0 saturated carbocycles. The van der Waals surface area contributed by atoms with Gasteiger partial charge < -0.3 is 20.1 Å². The fraction of sp³-hybridized carbons (Fsp3) is 0.194. The van der Waals surface area contributed by atoms with Crippen molar-refractivity contribution in [1.82, 2.24) is 14.8 Å². The minimum Gasteiger partial charge on any atom is -0.493 e. The Hall–Kier alpha value is -4.25. The molecule has 5 aromatic rings. The highest BCUT2D eigenvalue weighted by molar-refractivity contribution is 9.10. The van der Waals surface area contributed by atoms with Crippen molar-refractivity contribution < 1.29 is 14.3 Å². The van der Waals surface area contributed by atoms with Gasteiger partial charge >= 0.3 is 0 Å². The zero-order valence-corrected chi connectivity index (χ0v) is 29.5. The Morgan fingerprint density at radius 3 is 2.53 bits per heavy atom. The second-order valence-corrected chi connectivity index (χ2v) is 13.4. The molecule has 11 heteroatoms. The Balaban J connectivity index is 1.38. The Labute approximate surface area is 291 Å². The number of rotatable bonds is 10. The van der Waals surface area contributed by atoms with E-state index in [1.54, 1.807) is 11.8 Å². The molecule has 47 heavy (non-hydrogen) atoms. The number of nitrogens with one attached hydrogen (secondary N) is 2. The number of carbonyl (C=O) groups excluding carboxylic acids is 1. The van der Waals surface area contributed by atoms with Crippen LogP contribution in [0.1, 0.15) is 40.8 Å². The van der Waals surface area contributed by atoms with E-state index in [1.807, 2.05) is 92.7 Å². The monoisotopic (exact) mass is 729 g/mol. The van der Waals surface area contributed by atoms with Crippen molar-refractivity contribution in [3.63, 3.8) is 0 Å². The van der Waals surface area contributed by atoms with Crippen molar-refractivity contribution >= 4 is 56.8 Å². The average Bonchev–Trinajstić information content (AvgIpc) is 3.45. The third-order valence-electron chi connectivity index (χ3n) is 7.87. The molecule has 0 radical (unpaired) electrons. The number of carbonyl (C=O) groups is 1. The lowest BCUT2D eigenvalue weighted by Crippen LogP contribution is -2.31. The summed E-state index contributed by atoms with van der Waals surface area (Å²) in [6, 6.07) is 26.7. The lowest BCUT2D eigenvalue weighted by molar-refractivity contribution is -0.113. The van der Waals surface area contributed by atoms with Gasteiger partial charge in [-0.25, -0.2) is 4.68 Å². The lowest BCUT2D eigenvalue weighted by atomic mass is 9.94. The molecule has 1 atom stereocenters. The second kappa shape index (κ2) is 14.3. The Bertz CT molecular complexity index is 2000. The van der Waals surface area contributed by atoms with E-state index in [1.165, 1.54) is 11.8 Å². The zero-order valence-electron chi connectivity index (χ0n) is 26.3. The first-order valence-corrected chi connectivity index (χ1v) is 17.1. The summed E-state index contributed by atoms with van der Waals surface area (Å²) in [5.41, 5.74) is 6.87. The number of nitrogens with zero attached hydrogens (tertiary/aromatic N) is 3. The van der Waals surface area contributed by atoms with Gasteiger partial charge in [0.15, 0.2) is 11.5 Å². The van der Waals surface area contributed by atoms with Crippen molar-refractivity contribution in [3.05, 3.63) is 134 Å². The van der Waals surface area contributed by atoms with E-state index in [0.717, 1.165) is 27.8 Å². The van der Waals surface area contributed by atoms with E-state index in [-0.39, 0.29) is 5.91 Å². The van der Waals surface area contributed by atoms with Crippen LogP contribution in [-0.2, 0) is 17.2 Å². The molecule has 0 bridgehead atoms. The van der Waals surface area contributed by atoms with E-state index in [0.29, 0.717) is 61.4 Å². The summed E-state index contributed by atoms with van der Waals surface area (Å²) < 4.78 is 14.6. The normalized spacial score (nSPS) is 14.0. The molecule has 1 aliphatic heterocycles. The largest absolute Gasteiger partial charge is 0.493 e. The van der Waals surface area contributed by atoms with E-state index in [2.05, 4.69) is 39.6 Å². The number of hydrogen-bond donors (Lipinski definition) is 2. The van der Waals surface area contributed by atoms with Gasteiger partial charge in [0, 0.05) is 22.2 Å². The second-order valence-electron chi connectivity index (χ2n) is 11.2. The fourth-order valence-electron chi connectivity index (χ4n) is 5.43. The molecule has 1 aliphatic rings. The van der Waals surface area contributed by atoms with Crippen LogP contribution >= 0.6 is 39.3 Å². The third kappa shape index (κ3) is 7.20. The van der Waals surface area contributed by atoms with Crippen LogP contribution in [0.5, 0.6) is 11.5 Å². The molecule has 4 aromatic carbocycles. The first-order valence-electron chi connectivity index (χ1n) is 14.9. The number of anilines is 2. The van der Waals surface area contributed by atoms with Gasteiger partial charge in [-0.2, -0.15) is 4.98 Å². The fourth-order valence-corrected chi connectivity index (χ4v) is 7.12. The lowest BCUT2D eigenvalue weighted by Gasteiger charge is -2.29. The van der Waals surface area contributed by atoms with Crippen molar-refractivity contribution in [1.29, 1.82) is 0 Å². The highest BCUT2D eigenvalue weighted by atomic mass is 79.9. The maximum Gasteiger partial charge on any atom is 0.255 e. The number of allylic oxidation sites excluding steroid dienone is 1. The molecule has 0 saturated heterocycles. The Morgan fingerprint density at radius 2 is 1.79 bits per heavy atom. The smallest absolute Gasteiger partial charge is 0.255 e. The topological polar surface area (TPSA) is 90.3 Å². The van der Waals surface area contributed by atoms with Gasteiger partial charge in [-0.3, -0.25) is 4.79 Å². The number of amides is 1. The number of methoxy groups -OCH3 is 1. The molecule has 1 aromatic heterocycles. The van der Waals surface area contributed by atoms with Gasteiger partial charge in [-0.1, -0.05) is 78.0 Å². The highest BCUT2D eigenvalue weighted by Gasteiger charge is 2.35. The van der Waals surface area contributed by atoms with Crippen LogP contribution in [-0.4, -0.2) is 27.8 Å². The molecule has 8 nitrogen and oxygen atoms in total. The molecule has 1 amide bonds. The van der Waals surface area contributed by atoms with Gasteiger partial charge in [0.1, 0.15) is 12.6 Å². The number of hydrogen-bond acceptors (Lipinski definition) is 7. The number of aryl methyl sites for hydroxylation is 2. The van der Waals surface area contributed by atoms with Crippen molar-refractivity contribution in [2.24, 2.45) is 0 Å². The molecule has 0 fully saturated rings. The minimum absolute atomic E-state index is 0.257. The first-order chi connectivity index (χ1) is 22.7. The predicted octanol–water partition coefficient (Wildman–Crippen LogP) is 9.12. The highest BCUT2D eigenvalue weighted by Crippen LogP contribution is 2.44. The third-order valence-corrected chi connectivity index (χ3v) is 9.71. The summed E-state index contributed by atoms with van der Waals surface area (Å²) in [4.78, 5) is 18.9. The van der Waals surface area contributed by atoms with Gasteiger partial charge in [0.2, 0.25) is 11.1 Å². The molecule has 2 N–H and O–H groups in total. The number of halogens is 2. The summed E-state index contributed by atoms with van der Waals surface area (Å²) in [5, 5.41) is 12.5. The molecule has 240 valence electrons. The van der Waals surface area contributed by atoms with Crippen LogP contribution < -0.4 is 20.1 Å². The number of fused-ring (bicyclic) bond motifs is 1. The van der Waals surface area contributed by atoms with Gasteiger partial charge in [-0.15, -0.1) is 5.10 Å². The summed E-state index contributed by atoms with van der Waals surface area (Å²) in [6.45, 7) is 6.29. The SMILES string of the molecule is COc1cc(C2C(C(=O)Nc3cccc(C)c3)=C(C)Nc3nc(SCc4ccccc4Cl)nn32)cc(Br)c1OCc1ccccc1C. The van der Waals surface area contributed by atoms with Gasteiger partial charge in [0.05, 0.1) is 17.2 Å². The summed E-state index contributed by atoms with van der Waals surface area (Å²) >= 11 is 11.6. The minimum atomic E-state index is -0.631. The quantitative estimate of drug-likeness (QED) is 0.139. The number of aromatic nitrogens is 3. The summed E-state index contributed by atoms with van der Waals surface area (Å²) in [5.74, 6) is 1.94. The molecular formula is C36H33BrClN5O3S. The standard InChI is InChI=1S/C36H33BrClN5O3S/c1-21-10-9-14-27(16-21)40-34(44)31-23(3)39-35-41-36(47-20-25-13-7-8-15-29(25)38)42-43(35)32(31)26-17-28(37)33(30(18-26)45-4)46-19-24-12-6-5-11-22(24)2/h5-18,32H,19-20H2,1-4H3,(H,40,44)(H,39,41,42). The molecule has 0 aliphatic carbocycles. The zero-order chi connectivity index (χ0) is 33.1.